The molecule has 1 atom stereocenters. The Kier molecular flexibility index (Phi) is 2.48. The molecule has 1 aromatic heterocycles. The molecule has 1 aromatic carbocycles. The van der Waals surface area contributed by atoms with Gasteiger partial charge in [0.05, 0.1) is 0 Å². The van der Waals surface area contributed by atoms with Crippen LogP contribution in [0.5, 0.6) is 0 Å². The van der Waals surface area contributed by atoms with Gasteiger partial charge in [-0.25, -0.2) is 0 Å². The number of hydrogen-bond acceptors (Lipinski definition) is 1. The molecule has 3 heteroatoms. The lowest BCUT2D eigenvalue weighted by atomic mass is 10.1. The van der Waals surface area contributed by atoms with Gasteiger partial charge in [0.15, 0.2) is 0 Å². The molecular weight excluding hydrogens is 196 g/mol. The van der Waals surface area contributed by atoms with E-state index in [1.54, 1.807) is 0 Å². The molecule has 1 unspecified atom stereocenters. The minimum atomic E-state index is 0.131. The number of aromatic nitrogens is 1. The van der Waals surface area contributed by atoms with Crippen molar-refractivity contribution in [1.82, 2.24) is 4.98 Å². The third-order valence-corrected chi connectivity index (χ3v) is 2.61. The van der Waals surface area contributed by atoms with Gasteiger partial charge in [0.25, 0.3) is 0 Å². The summed E-state index contributed by atoms with van der Waals surface area (Å²) in [6.07, 6.45) is 0.808. The fourth-order valence-electron chi connectivity index (χ4n) is 1.69. The maximum Gasteiger partial charge on any atom is 0.110 e. The normalized spacial score (nSPS) is 13.4. The van der Waals surface area contributed by atoms with Crippen molar-refractivity contribution in [2.75, 3.05) is 0 Å². The zero-order valence-electron chi connectivity index (χ0n) is 8.05. The summed E-state index contributed by atoms with van der Waals surface area (Å²) in [7, 11) is 0. The summed E-state index contributed by atoms with van der Waals surface area (Å²) in [6.45, 7) is 1.98. The number of nitrogens with two attached hydrogens (primary N) is 1. The van der Waals surface area contributed by atoms with Gasteiger partial charge in [-0.3, -0.25) is 0 Å². The number of halogens is 1. The molecule has 3 N–H and O–H groups in total. The van der Waals surface area contributed by atoms with Crippen molar-refractivity contribution in [3.05, 3.63) is 35.0 Å². The van der Waals surface area contributed by atoms with Crippen LogP contribution in [0.4, 0.5) is 0 Å². The summed E-state index contributed by atoms with van der Waals surface area (Å²) in [5, 5.41) is 1.89. The summed E-state index contributed by atoms with van der Waals surface area (Å²) in [4.78, 5) is 3.14. The predicted octanol–water partition coefficient (Wildman–Crippen LogP) is 2.71. The molecule has 0 aliphatic rings. The van der Waals surface area contributed by atoms with E-state index in [0.717, 1.165) is 17.5 Å². The second-order valence-corrected chi connectivity index (χ2v) is 4.02. The summed E-state index contributed by atoms with van der Waals surface area (Å²) in [5.41, 5.74) is 7.97. The zero-order valence-corrected chi connectivity index (χ0v) is 8.81. The topological polar surface area (TPSA) is 41.8 Å². The van der Waals surface area contributed by atoms with Crippen LogP contribution < -0.4 is 5.73 Å². The van der Waals surface area contributed by atoms with Crippen LogP contribution in [0.2, 0.25) is 5.15 Å². The standard InChI is InChI=1S/C11H13ClN2/c1-7(13)6-9-8-4-2-3-5-10(8)14-11(9)12/h2-5,7,14H,6,13H2,1H3. The van der Waals surface area contributed by atoms with E-state index >= 15 is 0 Å². The lowest BCUT2D eigenvalue weighted by Crippen LogP contribution is -2.17. The molecule has 0 saturated carbocycles. The Morgan fingerprint density at radius 3 is 2.86 bits per heavy atom. The molecule has 1 heterocycles. The number of hydrogen-bond donors (Lipinski definition) is 2. The highest BCUT2D eigenvalue weighted by atomic mass is 35.5. The largest absolute Gasteiger partial charge is 0.345 e. The minimum absolute atomic E-state index is 0.131. The number of nitrogens with one attached hydrogen (secondary N) is 1. The van der Waals surface area contributed by atoms with Crippen LogP contribution in [0.15, 0.2) is 24.3 Å². The van der Waals surface area contributed by atoms with Gasteiger partial charge in [-0.1, -0.05) is 29.8 Å². The molecule has 0 fully saturated rings. The Balaban J connectivity index is 2.56. The second-order valence-electron chi connectivity index (χ2n) is 3.64. The van der Waals surface area contributed by atoms with Gasteiger partial charge in [-0.15, -0.1) is 0 Å². The maximum absolute atomic E-state index is 6.10. The molecule has 0 aliphatic carbocycles. The van der Waals surface area contributed by atoms with E-state index in [1.165, 1.54) is 5.39 Å². The third kappa shape index (κ3) is 1.63. The number of rotatable bonds is 2. The summed E-state index contributed by atoms with van der Waals surface area (Å²) in [5.74, 6) is 0. The Morgan fingerprint density at radius 2 is 2.14 bits per heavy atom. The van der Waals surface area contributed by atoms with E-state index in [0.29, 0.717) is 5.15 Å². The molecular formula is C11H13ClN2. The van der Waals surface area contributed by atoms with Crippen molar-refractivity contribution < 1.29 is 0 Å². The van der Waals surface area contributed by atoms with E-state index in [2.05, 4.69) is 11.1 Å². The Morgan fingerprint density at radius 1 is 1.43 bits per heavy atom. The van der Waals surface area contributed by atoms with Crippen molar-refractivity contribution in [1.29, 1.82) is 0 Å². The van der Waals surface area contributed by atoms with Gasteiger partial charge in [-0.2, -0.15) is 0 Å². The average Bonchev–Trinajstić information content (AvgIpc) is 2.43. The van der Waals surface area contributed by atoms with Gasteiger partial charge >= 0.3 is 0 Å². The smallest absolute Gasteiger partial charge is 0.110 e. The van der Waals surface area contributed by atoms with Crippen LogP contribution >= 0.6 is 11.6 Å². The van der Waals surface area contributed by atoms with E-state index in [-0.39, 0.29) is 6.04 Å². The molecule has 0 aliphatic heterocycles. The molecule has 0 amide bonds. The molecule has 0 saturated heterocycles. The van der Waals surface area contributed by atoms with Gasteiger partial charge in [0.2, 0.25) is 0 Å². The first kappa shape index (κ1) is 9.56. The average molecular weight is 209 g/mol. The summed E-state index contributed by atoms with van der Waals surface area (Å²) >= 11 is 6.10. The van der Waals surface area contributed by atoms with Crippen LogP contribution in [0.3, 0.4) is 0 Å². The van der Waals surface area contributed by atoms with E-state index in [9.17, 15) is 0 Å². The zero-order chi connectivity index (χ0) is 10.1. The quantitative estimate of drug-likeness (QED) is 0.783. The van der Waals surface area contributed by atoms with Crippen LogP contribution in [0.1, 0.15) is 12.5 Å². The monoisotopic (exact) mass is 208 g/mol. The second kappa shape index (κ2) is 3.64. The molecule has 0 radical (unpaired) electrons. The van der Waals surface area contributed by atoms with E-state index in [4.69, 9.17) is 17.3 Å². The molecule has 2 rings (SSSR count). The molecule has 14 heavy (non-hydrogen) atoms. The van der Waals surface area contributed by atoms with Crippen LogP contribution in [0, 0.1) is 0 Å². The highest BCUT2D eigenvalue weighted by Crippen LogP contribution is 2.26. The SMILES string of the molecule is CC(N)Cc1c(Cl)[nH]c2ccccc12. The van der Waals surface area contributed by atoms with Gasteiger partial charge in [0, 0.05) is 16.9 Å². The van der Waals surface area contributed by atoms with Gasteiger partial charge in [0.1, 0.15) is 5.15 Å². The Hall–Kier alpha value is -0.990. The molecule has 0 bridgehead atoms. The lowest BCUT2D eigenvalue weighted by Gasteiger charge is -2.03. The highest BCUT2D eigenvalue weighted by molar-refractivity contribution is 6.31. The van der Waals surface area contributed by atoms with Crippen LogP contribution in [0.25, 0.3) is 10.9 Å². The lowest BCUT2D eigenvalue weighted by molar-refractivity contribution is 0.741. The van der Waals surface area contributed by atoms with Crippen LogP contribution in [-0.4, -0.2) is 11.0 Å². The maximum atomic E-state index is 6.10. The first-order valence-corrected chi connectivity index (χ1v) is 5.07. The summed E-state index contributed by atoms with van der Waals surface area (Å²) < 4.78 is 0. The fraction of sp³-hybridized carbons (Fsp3) is 0.273. The Bertz CT molecular complexity index is 445. The third-order valence-electron chi connectivity index (χ3n) is 2.29. The number of fused-ring (bicyclic) bond motifs is 1. The van der Waals surface area contributed by atoms with Crippen molar-refractivity contribution >= 4 is 22.5 Å². The minimum Gasteiger partial charge on any atom is -0.345 e. The first-order chi connectivity index (χ1) is 6.68. The first-order valence-electron chi connectivity index (χ1n) is 4.69. The number of benzene rings is 1. The molecule has 74 valence electrons. The van der Waals surface area contributed by atoms with Crippen LogP contribution in [-0.2, 0) is 6.42 Å². The number of para-hydroxylation sites is 1. The highest BCUT2D eigenvalue weighted by Gasteiger charge is 2.10. The van der Waals surface area contributed by atoms with Crippen molar-refractivity contribution in [3.63, 3.8) is 0 Å². The van der Waals surface area contributed by atoms with E-state index in [1.807, 2.05) is 25.1 Å². The van der Waals surface area contributed by atoms with Gasteiger partial charge < -0.3 is 10.7 Å². The van der Waals surface area contributed by atoms with Crippen molar-refractivity contribution in [2.45, 2.75) is 19.4 Å². The van der Waals surface area contributed by atoms with Crippen molar-refractivity contribution in [2.24, 2.45) is 5.73 Å². The van der Waals surface area contributed by atoms with Crippen molar-refractivity contribution in [3.8, 4) is 0 Å². The summed E-state index contributed by atoms with van der Waals surface area (Å²) in [6, 6.07) is 8.22. The Labute approximate surface area is 88.1 Å². The number of H-pyrrole nitrogens is 1. The fourth-order valence-corrected chi connectivity index (χ4v) is 1.97. The molecule has 0 spiro atoms. The molecule has 2 nitrogen and oxygen atoms in total. The predicted molar refractivity (Wildman–Crippen MR) is 60.7 cm³/mol. The number of aromatic amines is 1. The van der Waals surface area contributed by atoms with Gasteiger partial charge in [-0.05, 0) is 25.0 Å². The van der Waals surface area contributed by atoms with E-state index < -0.39 is 0 Å². The molecule has 2 aromatic rings.